The lowest BCUT2D eigenvalue weighted by atomic mass is 10.0. The number of hydrogen-bond acceptors (Lipinski definition) is 5. The minimum Gasteiger partial charge on any atom is -0.496 e. The van der Waals surface area contributed by atoms with Gasteiger partial charge in [-0.2, -0.15) is 4.39 Å². The fraction of sp³-hybridized carbons (Fsp3) is 0.227. The number of nitrogens with one attached hydrogen (secondary N) is 1. The topological polar surface area (TPSA) is 73.3 Å². The zero-order chi connectivity index (χ0) is 21.0. The van der Waals surface area contributed by atoms with Crippen LogP contribution in [-0.2, 0) is 6.54 Å². The molecule has 7 heteroatoms. The number of ether oxygens (including phenoxy) is 2. The molecule has 0 aliphatic carbocycles. The molecule has 0 spiro atoms. The molecule has 0 radical (unpaired) electrons. The predicted octanol–water partition coefficient (Wildman–Crippen LogP) is 4.51. The third kappa shape index (κ3) is 4.87. The summed E-state index contributed by atoms with van der Waals surface area (Å²) in [6.45, 7) is 5.90. The highest BCUT2D eigenvalue weighted by Crippen LogP contribution is 2.26. The van der Waals surface area contributed by atoms with E-state index in [0.717, 1.165) is 33.6 Å². The Morgan fingerprint density at radius 3 is 2.55 bits per heavy atom. The van der Waals surface area contributed by atoms with Crippen molar-refractivity contribution >= 4 is 6.09 Å². The Bertz CT molecular complexity index is 1040. The standard InChI is InChI=1S/C22H22FN3O3/c1-13-7-17(16-5-6-20(23)25-11-16)9-18(8-13)29-22(27)26-12-19-15(3)21(28-4)14(2)10-24-19/h5-11H,12H2,1-4H3,(H,26,27). The molecule has 0 unspecified atom stereocenters. The lowest BCUT2D eigenvalue weighted by Gasteiger charge is -2.13. The Labute approximate surface area is 168 Å². The van der Waals surface area contributed by atoms with E-state index in [1.807, 2.05) is 26.8 Å². The molecule has 1 N–H and O–H groups in total. The number of benzene rings is 1. The van der Waals surface area contributed by atoms with Crippen LogP contribution in [-0.4, -0.2) is 23.2 Å². The maximum atomic E-state index is 13.1. The maximum absolute atomic E-state index is 13.1. The summed E-state index contributed by atoms with van der Waals surface area (Å²) in [6, 6.07) is 8.28. The second-order valence-electron chi connectivity index (χ2n) is 6.69. The molecule has 1 amide bonds. The molecule has 2 aromatic heterocycles. The SMILES string of the molecule is COc1c(C)cnc(CNC(=O)Oc2cc(C)cc(-c3ccc(F)nc3)c2)c1C. The molecule has 3 rings (SSSR count). The summed E-state index contributed by atoms with van der Waals surface area (Å²) in [7, 11) is 1.60. The number of aromatic nitrogens is 2. The van der Waals surface area contributed by atoms with E-state index in [4.69, 9.17) is 9.47 Å². The van der Waals surface area contributed by atoms with Crippen LogP contribution in [0.2, 0.25) is 0 Å². The van der Waals surface area contributed by atoms with Gasteiger partial charge in [-0.1, -0.05) is 6.07 Å². The van der Waals surface area contributed by atoms with Crippen LogP contribution < -0.4 is 14.8 Å². The van der Waals surface area contributed by atoms with Crippen LogP contribution >= 0.6 is 0 Å². The van der Waals surface area contributed by atoms with Gasteiger partial charge in [0, 0.05) is 29.1 Å². The molecule has 29 heavy (non-hydrogen) atoms. The van der Waals surface area contributed by atoms with Crippen LogP contribution in [0.3, 0.4) is 0 Å². The first-order chi connectivity index (χ1) is 13.9. The van der Waals surface area contributed by atoms with Gasteiger partial charge in [0.05, 0.1) is 19.3 Å². The van der Waals surface area contributed by atoms with E-state index < -0.39 is 12.0 Å². The van der Waals surface area contributed by atoms with E-state index in [0.29, 0.717) is 11.4 Å². The number of amides is 1. The van der Waals surface area contributed by atoms with Crippen LogP contribution in [0.1, 0.15) is 22.4 Å². The third-order valence-corrected chi connectivity index (χ3v) is 4.47. The summed E-state index contributed by atoms with van der Waals surface area (Å²) < 4.78 is 23.9. The first kappa shape index (κ1) is 20.3. The molecule has 2 heterocycles. The van der Waals surface area contributed by atoms with Gasteiger partial charge in [-0.3, -0.25) is 4.98 Å². The monoisotopic (exact) mass is 395 g/mol. The number of methoxy groups -OCH3 is 1. The minimum absolute atomic E-state index is 0.210. The minimum atomic E-state index is -0.598. The van der Waals surface area contributed by atoms with E-state index >= 15 is 0 Å². The Balaban J connectivity index is 1.70. The number of rotatable bonds is 5. The van der Waals surface area contributed by atoms with Crippen molar-refractivity contribution in [1.82, 2.24) is 15.3 Å². The molecule has 150 valence electrons. The van der Waals surface area contributed by atoms with Crippen LogP contribution in [0.15, 0.2) is 42.7 Å². The number of halogens is 1. The molecule has 6 nitrogen and oxygen atoms in total. The molecule has 1 aromatic carbocycles. The zero-order valence-electron chi connectivity index (χ0n) is 16.7. The van der Waals surface area contributed by atoms with Gasteiger partial charge < -0.3 is 14.8 Å². The highest BCUT2D eigenvalue weighted by molar-refractivity contribution is 5.72. The summed E-state index contributed by atoms with van der Waals surface area (Å²) in [5.41, 5.74) is 4.91. The van der Waals surface area contributed by atoms with Crippen LogP contribution in [0.25, 0.3) is 11.1 Å². The molecular weight excluding hydrogens is 373 g/mol. The van der Waals surface area contributed by atoms with Gasteiger partial charge in [0.1, 0.15) is 11.5 Å². The molecular formula is C22H22FN3O3. The highest BCUT2D eigenvalue weighted by Gasteiger charge is 2.12. The Kier molecular flexibility index (Phi) is 6.07. The van der Waals surface area contributed by atoms with Crippen LogP contribution in [0, 0.1) is 26.7 Å². The van der Waals surface area contributed by atoms with Crippen LogP contribution in [0.5, 0.6) is 11.5 Å². The van der Waals surface area contributed by atoms with Gasteiger partial charge >= 0.3 is 6.09 Å². The number of pyridine rings is 2. The first-order valence-electron chi connectivity index (χ1n) is 9.05. The molecule has 0 saturated carbocycles. The molecule has 0 aliphatic rings. The van der Waals surface area contributed by atoms with Crippen molar-refractivity contribution in [1.29, 1.82) is 0 Å². The van der Waals surface area contributed by atoms with Gasteiger partial charge in [-0.05, 0) is 56.2 Å². The number of hydrogen-bond donors (Lipinski definition) is 1. The van der Waals surface area contributed by atoms with E-state index in [9.17, 15) is 9.18 Å². The van der Waals surface area contributed by atoms with Crippen molar-refractivity contribution in [2.45, 2.75) is 27.3 Å². The lowest BCUT2D eigenvalue weighted by molar-refractivity contribution is 0.200. The highest BCUT2D eigenvalue weighted by atomic mass is 19.1. The molecule has 0 bridgehead atoms. The van der Waals surface area contributed by atoms with Gasteiger partial charge in [0.15, 0.2) is 0 Å². The van der Waals surface area contributed by atoms with Gasteiger partial charge in [0.2, 0.25) is 5.95 Å². The second-order valence-corrected chi connectivity index (χ2v) is 6.69. The summed E-state index contributed by atoms with van der Waals surface area (Å²) >= 11 is 0. The summed E-state index contributed by atoms with van der Waals surface area (Å²) in [5.74, 6) is 0.586. The number of aryl methyl sites for hydroxylation is 2. The average Bonchev–Trinajstić information content (AvgIpc) is 2.68. The predicted molar refractivity (Wildman–Crippen MR) is 107 cm³/mol. The van der Waals surface area contributed by atoms with E-state index in [1.165, 1.54) is 12.3 Å². The molecule has 0 aliphatic heterocycles. The quantitative estimate of drug-likeness (QED) is 0.644. The van der Waals surface area contributed by atoms with Crippen molar-refractivity contribution in [3.05, 3.63) is 71.1 Å². The third-order valence-electron chi connectivity index (χ3n) is 4.47. The Morgan fingerprint density at radius 1 is 1.07 bits per heavy atom. The molecule has 0 atom stereocenters. The second kappa shape index (κ2) is 8.68. The summed E-state index contributed by atoms with van der Waals surface area (Å²) in [4.78, 5) is 20.3. The van der Waals surface area contributed by atoms with Crippen molar-refractivity contribution in [3.63, 3.8) is 0 Å². The number of carbonyl (C=O) groups is 1. The van der Waals surface area contributed by atoms with Gasteiger partial charge in [-0.15, -0.1) is 0 Å². The van der Waals surface area contributed by atoms with Crippen LogP contribution in [0.4, 0.5) is 9.18 Å². The molecule has 0 saturated heterocycles. The van der Waals surface area contributed by atoms with Gasteiger partial charge in [0.25, 0.3) is 0 Å². The van der Waals surface area contributed by atoms with Crippen molar-refractivity contribution < 1.29 is 18.7 Å². The van der Waals surface area contributed by atoms with Crippen molar-refractivity contribution in [2.75, 3.05) is 7.11 Å². The smallest absolute Gasteiger partial charge is 0.412 e. The number of carbonyl (C=O) groups excluding carboxylic acids is 1. The maximum Gasteiger partial charge on any atom is 0.412 e. The lowest BCUT2D eigenvalue weighted by Crippen LogP contribution is -2.27. The first-order valence-corrected chi connectivity index (χ1v) is 9.05. The molecule has 3 aromatic rings. The van der Waals surface area contributed by atoms with E-state index in [2.05, 4.69) is 15.3 Å². The number of nitrogens with zero attached hydrogens (tertiary/aromatic N) is 2. The van der Waals surface area contributed by atoms with E-state index in [-0.39, 0.29) is 6.54 Å². The van der Waals surface area contributed by atoms with Crippen molar-refractivity contribution in [3.8, 4) is 22.6 Å². The zero-order valence-corrected chi connectivity index (χ0v) is 16.7. The Morgan fingerprint density at radius 2 is 1.86 bits per heavy atom. The average molecular weight is 395 g/mol. The Hall–Kier alpha value is -3.48. The van der Waals surface area contributed by atoms with Gasteiger partial charge in [-0.25, -0.2) is 9.78 Å². The normalized spacial score (nSPS) is 10.5. The molecule has 0 fully saturated rings. The summed E-state index contributed by atoms with van der Waals surface area (Å²) in [6.07, 6.45) is 2.55. The fourth-order valence-corrected chi connectivity index (χ4v) is 3.07. The van der Waals surface area contributed by atoms with E-state index in [1.54, 1.807) is 31.5 Å². The van der Waals surface area contributed by atoms with Crippen molar-refractivity contribution in [2.24, 2.45) is 0 Å². The summed E-state index contributed by atoms with van der Waals surface area (Å²) in [5, 5.41) is 2.70. The fourth-order valence-electron chi connectivity index (χ4n) is 3.07. The largest absolute Gasteiger partial charge is 0.496 e.